The first kappa shape index (κ1) is 37.1. The summed E-state index contributed by atoms with van der Waals surface area (Å²) in [6, 6.07) is 0.254. The Hall–Kier alpha value is -0.950. The van der Waals surface area contributed by atoms with Crippen LogP contribution in [0.3, 0.4) is 0 Å². The van der Waals surface area contributed by atoms with Crippen LogP contribution in [-0.4, -0.2) is 72.7 Å². The summed E-state index contributed by atoms with van der Waals surface area (Å²) in [5.74, 6) is 0.216. The minimum atomic E-state index is -0.397. The first-order valence-electron chi connectivity index (χ1n) is 16.9. The molecule has 40 heavy (non-hydrogen) atoms. The fraction of sp³-hybridized carbons (Fsp3) is 0.912. The van der Waals surface area contributed by atoms with E-state index in [-0.39, 0.29) is 18.1 Å². The molecule has 236 valence electrons. The van der Waals surface area contributed by atoms with Crippen LogP contribution in [0.15, 0.2) is 11.6 Å². The molecule has 0 aromatic carbocycles. The van der Waals surface area contributed by atoms with Crippen LogP contribution >= 0.6 is 0 Å². The second-order valence-electron chi connectivity index (χ2n) is 12.1. The zero-order valence-corrected chi connectivity index (χ0v) is 26.6. The zero-order valence-electron chi connectivity index (χ0n) is 26.6. The minimum Gasteiger partial charge on any atom is -0.391 e. The Bertz CT molecular complexity index is 625. The van der Waals surface area contributed by atoms with Crippen LogP contribution in [-0.2, 0) is 14.3 Å². The lowest BCUT2D eigenvalue weighted by molar-refractivity contribution is -0.125. The zero-order chi connectivity index (χ0) is 29.3. The lowest BCUT2D eigenvalue weighted by atomic mass is 10.0. The van der Waals surface area contributed by atoms with Gasteiger partial charge in [0, 0.05) is 18.7 Å². The topological polar surface area (TPSA) is 79.2 Å². The number of hydrogen-bond acceptors (Lipinski definition) is 5. The van der Waals surface area contributed by atoms with E-state index in [1.54, 1.807) is 0 Å². The average Bonchev–Trinajstić information content (AvgIpc) is 3.18. The maximum absolute atomic E-state index is 12.1. The number of carbonyl (C=O) groups is 1. The number of likely N-dealkylation sites (N-methyl/N-ethyl adjacent to an activating group) is 1. The lowest BCUT2D eigenvalue weighted by Gasteiger charge is -2.14. The summed E-state index contributed by atoms with van der Waals surface area (Å²) >= 11 is 0. The molecule has 1 heterocycles. The molecule has 0 fully saturated rings. The molecule has 0 saturated carbocycles. The second kappa shape index (κ2) is 25.7. The molecule has 2 N–H and O–H groups in total. The van der Waals surface area contributed by atoms with Crippen LogP contribution in [0.25, 0.3) is 0 Å². The van der Waals surface area contributed by atoms with Crippen molar-refractivity contribution in [1.82, 2.24) is 4.90 Å². The first-order valence-corrected chi connectivity index (χ1v) is 16.9. The van der Waals surface area contributed by atoms with Gasteiger partial charge in [0.25, 0.3) is 0 Å². The van der Waals surface area contributed by atoms with Gasteiger partial charge in [-0.1, -0.05) is 122 Å². The minimum absolute atomic E-state index is 0.216. The van der Waals surface area contributed by atoms with E-state index in [1.165, 1.54) is 96.3 Å². The monoisotopic (exact) mass is 567 g/mol. The van der Waals surface area contributed by atoms with Crippen LogP contribution in [0, 0.1) is 0 Å². The number of unbranched alkanes of at least 4 members (excludes halogenated alkanes) is 16. The van der Waals surface area contributed by atoms with Crippen molar-refractivity contribution in [3.05, 3.63) is 11.6 Å². The highest BCUT2D eigenvalue weighted by molar-refractivity contribution is 5.96. The van der Waals surface area contributed by atoms with Gasteiger partial charge < -0.3 is 24.6 Å². The van der Waals surface area contributed by atoms with Gasteiger partial charge in [0.1, 0.15) is 0 Å². The van der Waals surface area contributed by atoms with Crippen molar-refractivity contribution in [2.45, 2.75) is 167 Å². The van der Waals surface area contributed by atoms with Crippen LogP contribution in [0.2, 0.25) is 0 Å². The van der Waals surface area contributed by atoms with E-state index in [0.717, 1.165) is 44.1 Å². The van der Waals surface area contributed by atoms with Crippen molar-refractivity contribution < 1.29 is 24.5 Å². The van der Waals surface area contributed by atoms with Crippen LogP contribution in [0.5, 0.6) is 0 Å². The van der Waals surface area contributed by atoms with E-state index in [4.69, 9.17) is 9.47 Å². The fourth-order valence-corrected chi connectivity index (χ4v) is 5.42. The fourth-order valence-electron chi connectivity index (χ4n) is 5.42. The predicted octanol–water partition coefficient (Wildman–Crippen LogP) is 7.74. The van der Waals surface area contributed by atoms with Gasteiger partial charge >= 0.3 is 0 Å². The molecule has 3 atom stereocenters. The summed E-state index contributed by atoms with van der Waals surface area (Å²) in [4.78, 5) is 13.9. The molecule has 1 aliphatic heterocycles. The Morgan fingerprint density at radius 2 is 1.10 bits per heavy atom. The third-order valence-corrected chi connectivity index (χ3v) is 8.27. The molecule has 1 aliphatic rings. The lowest BCUT2D eigenvalue weighted by Crippen LogP contribution is -2.27. The number of nitrogens with zero attached hydrogens (tertiary/aromatic N) is 1. The standard InChI is InChI=1S/C34H65NO5/c1-4-5-6-7-8-14-17-20-23-32(36)28-39-25-26-40-29-33(37)24-21-18-15-12-10-9-11-13-16-19-22-31-27-30(2)35(3)34(31)38/h27,30,32-33,36-37H,4-26,28-29H2,1-3H3/t30-,32-,33-/m0/s1. The van der Waals surface area contributed by atoms with Gasteiger partial charge in [0.05, 0.1) is 38.6 Å². The average molecular weight is 568 g/mol. The summed E-state index contributed by atoms with van der Waals surface area (Å²) in [6.07, 6.45) is 26.4. The molecule has 0 radical (unpaired) electrons. The quantitative estimate of drug-likeness (QED) is 0.0904. The number of amides is 1. The third kappa shape index (κ3) is 20.0. The Labute approximate surface area is 247 Å². The summed E-state index contributed by atoms with van der Waals surface area (Å²) < 4.78 is 11.1. The van der Waals surface area contributed by atoms with E-state index >= 15 is 0 Å². The highest BCUT2D eigenvalue weighted by Gasteiger charge is 2.25. The Balaban J connectivity index is 1.77. The van der Waals surface area contributed by atoms with Gasteiger partial charge in [0.15, 0.2) is 0 Å². The van der Waals surface area contributed by atoms with E-state index in [9.17, 15) is 15.0 Å². The molecular weight excluding hydrogens is 502 g/mol. The third-order valence-electron chi connectivity index (χ3n) is 8.27. The second-order valence-corrected chi connectivity index (χ2v) is 12.1. The molecule has 0 unspecified atom stereocenters. The maximum atomic E-state index is 12.1. The van der Waals surface area contributed by atoms with E-state index in [0.29, 0.717) is 26.4 Å². The smallest absolute Gasteiger partial charge is 0.249 e. The largest absolute Gasteiger partial charge is 0.391 e. The summed E-state index contributed by atoms with van der Waals surface area (Å²) in [5.41, 5.74) is 1.01. The molecule has 1 amide bonds. The van der Waals surface area contributed by atoms with E-state index in [2.05, 4.69) is 19.9 Å². The normalized spacial score (nSPS) is 17.0. The molecule has 0 bridgehead atoms. The van der Waals surface area contributed by atoms with Gasteiger partial charge in [-0.05, 0) is 32.6 Å². The van der Waals surface area contributed by atoms with Crippen LogP contribution in [0.4, 0.5) is 0 Å². The molecule has 0 saturated heterocycles. The van der Waals surface area contributed by atoms with Crippen molar-refractivity contribution in [2.75, 3.05) is 33.5 Å². The maximum Gasteiger partial charge on any atom is 0.249 e. The number of hydrogen-bond donors (Lipinski definition) is 2. The molecule has 1 rings (SSSR count). The Morgan fingerprint density at radius 1 is 0.700 bits per heavy atom. The summed E-state index contributed by atoms with van der Waals surface area (Å²) in [5, 5.41) is 20.2. The van der Waals surface area contributed by atoms with E-state index in [1.807, 2.05) is 11.9 Å². The molecule has 0 aliphatic carbocycles. The van der Waals surface area contributed by atoms with Crippen LogP contribution in [0.1, 0.15) is 149 Å². The molecule has 6 nitrogen and oxygen atoms in total. The Kier molecular flexibility index (Phi) is 23.9. The summed E-state index contributed by atoms with van der Waals surface area (Å²) in [7, 11) is 1.89. The van der Waals surface area contributed by atoms with Gasteiger partial charge in [0.2, 0.25) is 5.91 Å². The van der Waals surface area contributed by atoms with Crippen molar-refractivity contribution in [2.24, 2.45) is 0 Å². The highest BCUT2D eigenvalue weighted by atomic mass is 16.5. The van der Waals surface area contributed by atoms with Crippen molar-refractivity contribution in [3.8, 4) is 0 Å². The molecule has 6 heteroatoms. The SMILES string of the molecule is CCCCCCCCCC[C@H](O)COCCOC[C@@H](O)CCCCCCCCCCCCC1=C[C@H](C)N(C)C1=O. The number of ether oxygens (including phenoxy) is 2. The van der Waals surface area contributed by atoms with Gasteiger partial charge in [-0.2, -0.15) is 0 Å². The molecular formula is C34H65NO5. The predicted molar refractivity (Wildman–Crippen MR) is 167 cm³/mol. The van der Waals surface area contributed by atoms with Crippen molar-refractivity contribution in [1.29, 1.82) is 0 Å². The summed E-state index contributed by atoms with van der Waals surface area (Å²) in [6.45, 7) is 6.00. The molecule has 0 spiro atoms. The number of aliphatic hydroxyl groups excluding tert-OH is 2. The number of rotatable bonds is 29. The van der Waals surface area contributed by atoms with Crippen LogP contribution < -0.4 is 0 Å². The molecule has 0 aromatic rings. The van der Waals surface area contributed by atoms with Crippen molar-refractivity contribution in [3.63, 3.8) is 0 Å². The Morgan fingerprint density at radius 3 is 1.50 bits per heavy atom. The first-order chi connectivity index (χ1) is 19.5. The van der Waals surface area contributed by atoms with Gasteiger partial charge in [-0.15, -0.1) is 0 Å². The van der Waals surface area contributed by atoms with Gasteiger partial charge in [-0.25, -0.2) is 0 Å². The highest BCUT2D eigenvalue weighted by Crippen LogP contribution is 2.21. The number of carbonyl (C=O) groups excluding carboxylic acids is 1. The van der Waals surface area contributed by atoms with Gasteiger partial charge in [-0.3, -0.25) is 4.79 Å². The number of aliphatic hydroxyl groups is 2. The van der Waals surface area contributed by atoms with Crippen molar-refractivity contribution >= 4 is 5.91 Å². The molecule has 0 aromatic heterocycles. The van der Waals surface area contributed by atoms with E-state index < -0.39 is 6.10 Å².